The van der Waals surface area contributed by atoms with Gasteiger partial charge in [0, 0.05) is 26.0 Å². The van der Waals surface area contributed by atoms with Gasteiger partial charge in [-0.2, -0.15) is 12.6 Å². The molecule has 74 valence electrons. The van der Waals surface area contributed by atoms with Crippen molar-refractivity contribution in [2.24, 2.45) is 0 Å². The van der Waals surface area contributed by atoms with Crippen LogP contribution in [0.2, 0.25) is 0 Å². The first-order chi connectivity index (χ1) is 5.58. The standard InChI is InChI=1S/C7H18O3SSi/c1-5-6(11)12-10-7(2,8-3)9-4/h6,11H,5,12H2,1-4H3. The molecule has 0 heterocycles. The molecule has 1 atom stereocenters. The fourth-order valence-electron chi connectivity index (χ4n) is 0.567. The molecule has 0 aromatic carbocycles. The van der Waals surface area contributed by atoms with Crippen molar-refractivity contribution in [1.29, 1.82) is 0 Å². The Bertz CT molecular complexity index is 119. The third-order valence-electron chi connectivity index (χ3n) is 1.75. The Morgan fingerprint density at radius 3 is 2.25 bits per heavy atom. The van der Waals surface area contributed by atoms with E-state index in [4.69, 9.17) is 13.9 Å². The molecule has 0 rings (SSSR count). The molecular formula is C7H18O3SSi. The molecule has 5 heteroatoms. The van der Waals surface area contributed by atoms with Gasteiger partial charge in [0.15, 0.2) is 9.76 Å². The summed E-state index contributed by atoms with van der Waals surface area (Å²) in [4.78, 5) is 0.370. The zero-order valence-corrected chi connectivity index (χ0v) is 10.5. The fourth-order valence-corrected chi connectivity index (χ4v) is 1.76. The molecule has 0 aromatic rings. The SMILES string of the molecule is CCC(S)[SiH2]OC(C)(OC)OC. The highest BCUT2D eigenvalue weighted by Crippen LogP contribution is 2.12. The van der Waals surface area contributed by atoms with Crippen LogP contribution < -0.4 is 0 Å². The van der Waals surface area contributed by atoms with Gasteiger partial charge in [-0.25, -0.2) is 0 Å². The molecule has 0 aromatic heterocycles. The molecule has 0 aliphatic heterocycles. The molecule has 0 fully saturated rings. The van der Waals surface area contributed by atoms with Crippen LogP contribution in [-0.4, -0.2) is 34.8 Å². The molecule has 12 heavy (non-hydrogen) atoms. The molecule has 0 bridgehead atoms. The maximum absolute atomic E-state index is 5.50. The number of hydrogen-bond acceptors (Lipinski definition) is 4. The van der Waals surface area contributed by atoms with Crippen molar-refractivity contribution in [3.8, 4) is 0 Å². The minimum atomic E-state index is -0.873. The van der Waals surface area contributed by atoms with Crippen molar-refractivity contribution in [3.05, 3.63) is 0 Å². The van der Waals surface area contributed by atoms with E-state index >= 15 is 0 Å². The Morgan fingerprint density at radius 2 is 1.92 bits per heavy atom. The van der Waals surface area contributed by atoms with E-state index < -0.39 is 15.7 Å². The normalized spacial score (nSPS) is 15.8. The Kier molecular flexibility index (Phi) is 6.21. The van der Waals surface area contributed by atoms with E-state index in [1.807, 2.05) is 0 Å². The van der Waals surface area contributed by atoms with Crippen LogP contribution in [-0.2, 0) is 13.9 Å². The second-order valence-electron chi connectivity index (χ2n) is 2.64. The second-order valence-corrected chi connectivity index (χ2v) is 5.67. The summed E-state index contributed by atoms with van der Waals surface area (Å²) < 4.78 is 15.6. The van der Waals surface area contributed by atoms with Gasteiger partial charge in [0.25, 0.3) is 5.97 Å². The van der Waals surface area contributed by atoms with Crippen LogP contribution in [0.1, 0.15) is 20.3 Å². The summed E-state index contributed by atoms with van der Waals surface area (Å²) in [5, 5.41) is 0. The average molecular weight is 210 g/mol. The van der Waals surface area contributed by atoms with E-state index in [9.17, 15) is 0 Å². The van der Waals surface area contributed by atoms with Crippen molar-refractivity contribution in [2.45, 2.75) is 31.1 Å². The Balaban J connectivity index is 3.72. The van der Waals surface area contributed by atoms with Gasteiger partial charge >= 0.3 is 0 Å². The highest BCUT2D eigenvalue weighted by molar-refractivity contribution is 7.82. The monoisotopic (exact) mass is 210 g/mol. The quantitative estimate of drug-likeness (QED) is 0.398. The highest BCUT2D eigenvalue weighted by Gasteiger charge is 2.23. The van der Waals surface area contributed by atoms with Crippen LogP contribution in [0.15, 0.2) is 0 Å². The van der Waals surface area contributed by atoms with Crippen molar-refractivity contribution < 1.29 is 13.9 Å². The maximum Gasteiger partial charge on any atom is 0.269 e. The molecule has 0 saturated carbocycles. The number of thiol groups is 1. The molecule has 0 aliphatic rings. The highest BCUT2D eigenvalue weighted by atomic mass is 32.1. The molecule has 0 aliphatic carbocycles. The first-order valence-corrected chi connectivity index (χ1v) is 5.91. The van der Waals surface area contributed by atoms with Gasteiger partial charge in [0.1, 0.15) is 0 Å². The van der Waals surface area contributed by atoms with E-state index in [-0.39, 0.29) is 0 Å². The number of ether oxygens (including phenoxy) is 2. The van der Waals surface area contributed by atoms with Gasteiger partial charge in [-0.05, 0) is 6.42 Å². The second kappa shape index (κ2) is 5.99. The van der Waals surface area contributed by atoms with E-state index in [1.54, 1.807) is 21.1 Å². The van der Waals surface area contributed by atoms with Crippen molar-refractivity contribution in [1.82, 2.24) is 0 Å². The van der Waals surface area contributed by atoms with Gasteiger partial charge < -0.3 is 13.9 Å². The molecular weight excluding hydrogens is 192 g/mol. The summed E-state index contributed by atoms with van der Waals surface area (Å²) in [7, 11) is 2.46. The zero-order valence-electron chi connectivity index (χ0n) is 8.16. The van der Waals surface area contributed by atoms with Gasteiger partial charge in [0.05, 0.1) is 0 Å². The van der Waals surface area contributed by atoms with Gasteiger partial charge in [-0.15, -0.1) is 0 Å². The number of rotatable bonds is 6. The molecule has 0 amide bonds. The Labute approximate surface area is 82.1 Å². The van der Waals surface area contributed by atoms with E-state index in [1.165, 1.54) is 0 Å². The minimum Gasteiger partial charge on any atom is -0.375 e. The fraction of sp³-hybridized carbons (Fsp3) is 1.00. The summed E-state index contributed by atoms with van der Waals surface area (Å²) in [6.45, 7) is 3.85. The first kappa shape index (κ1) is 12.4. The Morgan fingerprint density at radius 1 is 1.42 bits per heavy atom. The maximum atomic E-state index is 5.50. The summed E-state index contributed by atoms with van der Waals surface area (Å²) in [6, 6.07) is 0. The van der Waals surface area contributed by atoms with Crippen molar-refractivity contribution in [3.63, 3.8) is 0 Å². The largest absolute Gasteiger partial charge is 0.375 e. The first-order valence-electron chi connectivity index (χ1n) is 4.00. The van der Waals surface area contributed by atoms with Crippen molar-refractivity contribution in [2.75, 3.05) is 14.2 Å². The number of methoxy groups -OCH3 is 2. The molecule has 1 unspecified atom stereocenters. The topological polar surface area (TPSA) is 27.7 Å². The lowest BCUT2D eigenvalue weighted by molar-refractivity contribution is -0.310. The van der Waals surface area contributed by atoms with Gasteiger partial charge in [-0.3, -0.25) is 0 Å². The lowest BCUT2D eigenvalue weighted by Gasteiger charge is -2.27. The predicted molar refractivity (Wildman–Crippen MR) is 55.1 cm³/mol. The average Bonchev–Trinajstić information content (AvgIpc) is 2.13. The molecule has 0 saturated heterocycles. The van der Waals surface area contributed by atoms with E-state index in [2.05, 4.69) is 19.6 Å². The summed E-state index contributed by atoms with van der Waals surface area (Å²) in [5.41, 5.74) is 0. The lowest BCUT2D eigenvalue weighted by Crippen LogP contribution is -2.36. The smallest absolute Gasteiger partial charge is 0.269 e. The van der Waals surface area contributed by atoms with Crippen LogP contribution in [0.5, 0.6) is 0 Å². The van der Waals surface area contributed by atoms with E-state index in [0.717, 1.165) is 6.42 Å². The van der Waals surface area contributed by atoms with Crippen molar-refractivity contribution >= 4 is 22.4 Å². The third-order valence-corrected chi connectivity index (χ3v) is 4.22. The number of hydrogen-bond donors (Lipinski definition) is 1. The predicted octanol–water partition coefficient (Wildman–Crippen LogP) is 0.719. The Hall–Kier alpha value is 0.447. The van der Waals surface area contributed by atoms with Gasteiger partial charge in [0.2, 0.25) is 0 Å². The molecule has 0 N–H and O–H groups in total. The van der Waals surface area contributed by atoms with Crippen LogP contribution >= 0.6 is 12.6 Å². The van der Waals surface area contributed by atoms with Crippen LogP contribution in [0.3, 0.4) is 0 Å². The summed E-state index contributed by atoms with van der Waals surface area (Å²) in [6.07, 6.45) is 1.03. The lowest BCUT2D eigenvalue weighted by atomic mass is 10.6. The molecule has 0 spiro atoms. The minimum absolute atomic E-state index is 0.370. The molecule has 3 nitrogen and oxygen atoms in total. The van der Waals surface area contributed by atoms with Crippen LogP contribution in [0.25, 0.3) is 0 Å². The van der Waals surface area contributed by atoms with E-state index in [0.29, 0.717) is 4.87 Å². The summed E-state index contributed by atoms with van der Waals surface area (Å²) in [5.74, 6) is -0.873. The summed E-state index contributed by atoms with van der Waals surface area (Å²) >= 11 is 4.35. The van der Waals surface area contributed by atoms with Gasteiger partial charge in [-0.1, -0.05) is 6.92 Å². The molecule has 0 radical (unpaired) electrons. The third kappa shape index (κ3) is 4.47. The van der Waals surface area contributed by atoms with Crippen LogP contribution in [0, 0.1) is 0 Å². The zero-order chi connectivity index (χ0) is 9.61. The van der Waals surface area contributed by atoms with Crippen LogP contribution in [0.4, 0.5) is 0 Å².